The molecule has 0 aromatic carbocycles. The Morgan fingerprint density at radius 1 is 1.35 bits per heavy atom. The summed E-state index contributed by atoms with van der Waals surface area (Å²) >= 11 is 1.72. The van der Waals surface area contributed by atoms with Crippen LogP contribution in [-0.2, 0) is 4.74 Å². The molecule has 6 nitrogen and oxygen atoms in total. The second-order valence-corrected chi connectivity index (χ2v) is 7.58. The van der Waals surface area contributed by atoms with Crippen molar-refractivity contribution in [3.05, 3.63) is 44.9 Å². The maximum Gasteiger partial charge on any atom is 0.339 e. The second kappa shape index (κ2) is 8.05. The normalized spacial score (nSPS) is 15.8. The summed E-state index contributed by atoms with van der Waals surface area (Å²) in [4.78, 5) is 31.4. The molecular weight excluding hydrogens is 350 g/mol. The third kappa shape index (κ3) is 3.68. The van der Waals surface area contributed by atoms with Gasteiger partial charge in [-0.15, -0.1) is 11.3 Å². The fourth-order valence-corrected chi connectivity index (χ4v) is 4.47. The van der Waals surface area contributed by atoms with Crippen molar-refractivity contribution in [1.29, 1.82) is 0 Å². The summed E-state index contributed by atoms with van der Waals surface area (Å²) in [6, 6.07) is 4.36. The number of ether oxygens (including phenoxy) is 1. The van der Waals surface area contributed by atoms with Gasteiger partial charge < -0.3 is 15.0 Å². The number of carbonyl (C=O) groups excluding carboxylic acids is 2. The first-order valence-corrected chi connectivity index (χ1v) is 9.74. The van der Waals surface area contributed by atoms with Gasteiger partial charge in [0, 0.05) is 17.1 Å². The quantitative estimate of drug-likeness (QED) is 0.761. The van der Waals surface area contributed by atoms with E-state index in [-0.39, 0.29) is 11.9 Å². The largest absolute Gasteiger partial charge is 0.465 e. The van der Waals surface area contributed by atoms with Crippen molar-refractivity contribution in [2.24, 2.45) is 0 Å². The number of aromatic amines is 1. The van der Waals surface area contributed by atoms with Gasteiger partial charge >= 0.3 is 5.97 Å². The zero-order chi connectivity index (χ0) is 18.7. The molecule has 0 aliphatic carbocycles. The lowest BCUT2D eigenvalue weighted by molar-refractivity contribution is 0.0599. The molecule has 1 amide bonds. The zero-order valence-corrected chi connectivity index (χ0v) is 16.2. The predicted octanol–water partition coefficient (Wildman–Crippen LogP) is 3.05. The maximum absolute atomic E-state index is 12.7. The van der Waals surface area contributed by atoms with Gasteiger partial charge in [0.15, 0.2) is 0 Å². The maximum atomic E-state index is 12.7. The van der Waals surface area contributed by atoms with Crippen molar-refractivity contribution in [3.8, 4) is 0 Å². The molecule has 2 aromatic heterocycles. The number of methoxy groups -OCH3 is 1. The first kappa shape index (κ1) is 18.7. The first-order chi connectivity index (χ1) is 12.5. The molecule has 7 heteroatoms. The number of hydrogen-bond acceptors (Lipinski definition) is 5. The van der Waals surface area contributed by atoms with Gasteiger partial charge in [-0.05, 0) is 56.8 Å². The molecule has 2 aromatic rings. The van der Waals surface area contributed by atoms with Gasteiger partial charge in [0.2, 0.25) is 0 Å². The third-order valence-electron chi connectivity index (χ3n) is 4.96. The van der Waals surface area contributed by atoms with Crippen molar-refractivity contribution < 1.29 is 14.3 Å². The Hall–Kier alpha value is -2.12. The van der Waals surface area contributed by atoms with Crippen molar-refractivity contribution >= 4 is 23.2 Å². The van der Waals surface area contributed by atoms with Crippen LogP contribution in [0.5, 0.6) is 0 Å². The number of carbonyl (C=O) groups is 2. The van der Waals surface area contributed by atoms with Crippen molar-refractivity contribution in [1.82, 2.24) is 15.2 Å². The lowest BCUT2D eigenvalue weighted by Crippen LogP contribution is -2.36. The molecule has 1 atom stereocenters. The summed E-state index contributed by atoms with van der Waals surface area (Å²) in [7, 11) is 1.34. The minimum absolute atomic E-state index is 0.192. The van der Waals surface area contributed by atoms with Crippen LogP contribution in [0, 0.1) is 13.8 Å². The van der Waals surface area contributed by atoms with E-state index in [1.54, 1.807) is 25.2 Å². The summed E-state index contributed by atoms with van der Waals surface area (Å²) < 4.78 is 4.81. The van der Waals surface area contributed by atoms with Crippen LogP contribution in [0.3, 0.4) is 0 Å². The van der Waals surface area contributed by atoms with E-state index in [1.807, 2.05) is 6.07 Å². The van der Waals surface area contributed by atoms with Crippen LogP contribution in [0.2, 0.25) is 0 Å². The molecule has 0 saturated carbocycles. The van der Waals surface area contributed by atoms with Crippen LogP contribution in [-0.4, -0.2) is 48.5 Å². The van der Waals surface area contributed by atoms with Gasteiger partial charge in [-0.3, -0.25) is 9.69 Å². The molecule has 0 radical (unpaired) electrons. The lowest BCUT2D eigenvalue weighted by Gasteiger charge is -2.26. The minimum Gasteiger partial charge on any atom is -0.465 e. The average Bonchev–Trinajstić information content (AvgIpc) is 3.37. The number of likely N-dealkylation sites (tertiary alicyclic amines) is 1. The summed E-state index contributed by atoms with van der Waals surface area (Å²) in [6.07, 6.45) is 2.40. The molecule has 1 fully saturated rings. The van der Waals surface area contributed by atoms with Crippen LogP contribution >= 0.6 is 11.3 Å². The van der Waals surface area contributed by atoms with Crippen molar-refractivity contribution in [3.63, 3.8) is 0 Å². The molecular formula is C19H25N3O3S. The van der Waals surface area contributed by atoms with Crippen LogP contribution in [0.25, 0.3) is 0 Å². The highest BCUT2D eigenvalue weighted by Crippen LogP contribution is 2.28. The average molecular weight is 375 g/mol. The Kier molecular flexibility index (Phi) is 5.78. The zero-order valence-electron chi connectivity index (χ0n) is 15.4. The van der Waals surface area contributed by atoms with E-state index in [0.717, 1.165) is 13.1 Å². The number of H-pyrrole nitrogens is 1. The van der Waals surface area contributed by atoms with E-state index < -0.39 is 5.97 Å². The molecule has 3 rings (SSSR count). The highest BCUT2D eigenvalue weighted by molar-refractivity contribution is 7.10. The SMILES string of the molecule is COC(=O)c1c(C)[nH]c(C(=O)NC[C@@H](c2cccs2)N2CCCC2)c1C. The van der Waals surface area contributed by atoms with E-state index in [4.69, 9.17) is 4.74 Å². The fourth-order valence-electron chi connectivity index (χ4n) is 3.61. The smallest absolute Gasteiger partial charge is 0.339 e. The molecule has 0 bridgehead atoms. The molecule has 26 heavy (non-hydrogen) atoms. The number of aryl methyl sites for hydroxylation is 1. The van der Waals surface area contributed by atoms with E-state index in [1.165, 1.54) is 24.8 Å². The highest BCUT2D eigenvalue weighted by Gasteiger charge is 2.26. The first-order valence-electron chi connectivity index (χ1n) is 8.86. The number of thiophene rings is 1. The Bertz CT molecular complexity index is 776. The molecule has 0 spiro atoms. The topological polar surface area (TPSA) is 74.4 Å². The number of nitrogens with one attached hydrogen (secondary N) is 2. The fraction of sp³-hybridized carbons (Fsp3) is 0.474. The van der Waals surface area contributed by atoms with Crippen LogP contribution in [0.1, 0.15) is 55.9 Å². The number of nitrogens with zero attached hydrogens (tertiary/aromatic N) is 1. The number of rotatable bonds is 6. The molecule has 140 valence electrons. The van der Waals surface area contributed by atoms with Gasteiger partial charge in [-0.25, -0.2) is 4.79 Å². The predicted molar refractivity (Wildman–Crippen MR) is 102 cm³/mol. The summed E-state index contributed by atoms with van der Waals surface area (Å²) in [6.45, 7) is 6.21. The summed E-state index contributed by atoms with van der Waals surface area (Å²) in [5.41, 5.74) is 2.13. The van der Waals surface area contributed by atoms with Crippen LogP contribution < -0.4 is 5.32 Å². The lowest BCUT2D eigenvalue weighted by atomic mass is 10.1. The highest BCUT2D eigenvalue weighted by atomic mass is 32.1. The Labute approximate surface area is 157 Å². The van der Waals surface area contributed by atoms with E-state index >= 15 is 0 Å². The van der Waals surface area contributed by atoms with E-state index in [9.17, 15) is 9.59 Å². The van der Waals surface area contributed by atoms with Gasteiger partial charge in [-0.1, -0.05) is 6.07 Å². The molecule has 1 aliphatic rings. The molecule has 1 aliphatic heterocycles. The molecule has 0 unspecified atom stereocenters. The Morgan fingerprint density at radius 3 is 2.69 bits per heavy atom. The number of hydrogen-bond donors (Lipinski definition) is 2. The summed E-state index contributed by atoms with van der Waals surface area (Å²) in [5, 5.41) is 5.12. The Balaban J connectivity index is 1.74. The van der Waals surface area contributed by atoms with Crippen LogP contribution in [0.15, 0.2) is 17.5 Å². The van der Waals surface area contributed by atoms with Crippen LogP contribution in [0.4, 0.5) is 0 Å². The second-order valence-electron chi connectivity index (χ2n) is 6.60. The summed E-state index contributed by atoms with van der Waals surface area (Å²) in [5.74, 6) is -0.620. The van der Waals surface area contributed by atoms with E-state index in [2.05, 4.69) is 26.6 Å². The number of amides is 1. The Morgan fingerprint density at radius 2 is 2.08 bits per heavy atom. The van der Waals surface area contributed by atoms with Gasteiger partial charge in [0.1, 0.15) is 5.69 Å². The minimum atomic E-state index is -0.427. The van der Waals surface area contributed by atoms with Crippen molar-refractivity contribution in [2.45, 2.75) is 32.7 Å². The number of esters is 1. The van der Waals surface area contributed by atoms with Gasteiger partial charge in [-0.2, -0.15) is 0 Å². The number of aromatic nitrogens is 1. The van der Waals surface area contributed by atoms with E-state index in [0.29, 0.717) is 29.1 Å². The molecule has 3 heterocycles. The monoisotopic (exact) mass is 375 g/mol. The van der Waals surface area contributed by atoms with Crippen molar-refractivity contribution in [2.75, 3.05) is 26.7 Å². The third-order valence-corrected chi connectivity index (χ3v) is 5.94. The molecule has 1 saturated heterocycles. The molecule has 2 N–H and O–H groups in total. The van der Waals surface area contributed by atoms with Gasteiger partial charge in [0.05, 0.1) is 18.7 Å². The standard InChI is InChI=1S/C19H25N3O3S/c1-12-16(19(24)25-3)13(2)21-17(12)18(23)20-11-14(15-7-6-10-26-15)22-8-4-5-9-22/h6-7,10,14,21H,4-5,8-9,11H2,1-3H3,(H,20,23)/t14-/m0/s1. The van der Waals surface area contributed by atoms with Gasteiger partial charge in [0.25, 0.3) is 5.91 Å².